The van der Waals surface area contributed by atoms with Crippen LogP contribution in [0.2, 0.25) is 0 Å². The number of hydrogen-bond donors (Lipinski definition) is 2. The first-order valence-electron chi connectivity index (χ1n) is 4.56. The molecular weight excluding hydrogens is 182 g/mol. The minimum Gasteiger partial charge on any atom is -0.348 e. The van der Waals surface area contributed by atoms with Crippen LogP contribution in [0.25, 0.3) is 0 Å². The number of nitrogens with two attached hydrogens (primary N) is 1. The van der Waals surface area contributed by atoms with Crippen molar-refractivity contribution < 1.29 is 0 Å². The lowest BCUT2D eigenvalue weighted by Crippen LogP contribution is -2.21. The van der Waals surface area contributed by atoms with Crippen LogP contribution in [-0.2, 0) is 5.75 Å². The van der Waals surface area contributed by atoms with Gasteiger partial charge in [0.15, 0.2) is 0 Å². The molecule has 0 saturated heterocycles. The van der Waals surface area contributed by atoms with E-state index in [2.05, 4.69) is 16.9 Å². The van der Waals surface area contributed by atoms with Crippen LogP contribution in [0.3, 0.4) is 0 Å². The van der Waals surface area contributed by atoms with E-state index in [1.165, 1.54) is 0 Å². The van der Waals surface area contributed by atoms with Crippen molar-refractivity contribution in [2.45, 2.75) is 32.1 Å². The van der Waals surface area contributed by atoms with Gasteiger partial charge in [-0.3, -0.25) is 0 Å². The predicted octanol–water partition coefficient (Wildman–Crippen LogP) is 1.69. The molecule has 0 bridgehead atoms. The monoisotopic (exact) mass is 199 g/mol. The maximum absolute atomic E-state index is 5.80. The van der Waals surface area contributed by atoms with Crippen LogP contribution < -0.4 is 5.73 Å². The Bertz CT molecular complexity index is 247. The van der Waals surface area contributed by atoms with Crippen LogP contribution in [0.1, 0.15) is 24.7 Å². The molecule has 1 heterocycles. The second-order valence-electron chi connectivity index (χ2n) is 3.16. The molecular formula is C9H17N3S. The summed E-state index contributed by atoms with van der Waals surface area (Å²) in [5, 5.41) is 0. The van der Waals surface area contributed by atoms with Gasteiger partial charge in [0.1, 0.15) is 0 Å². The van der Waals surface area contributed by atoms with E-state index < -0.39 is 0 Å². The Labute approximate surface area is 83.5 Å². The lowest BCUT2D eigenvalue weighted by molar-refractivity contribution is 0.724. The molecule has 1 aromatic rings. The van der Waals surface area contributed by atoms with Crippen molar-refractivity contribution in [2.24, 2.45) is 5.73 Å². The third-order valence-electron chi connectivity index (χ3n) is 2.03. The zero-order valence-electron chi connectivity index (χ0n) is 8.21. The van der Waals surface area contributed by atoms with Gasteiger partial charge in [-0.15, -0.1) is 0 Å². The molecule has 0 fully saturated rings. The van der Waals surface area contributed by atoms with Gasteiger partial charge in [-0.2, -0.15) is 11.8 Å². The van der Waals surface area contributed by atoms with E-state index in [1.54, 1.807) is 6.33 Å². The molecule has 74 valence electrons. The third-order valence-corrected chi connectivity index (χ3v) is 3.17. The van der Waals surface area contributed by atoms with Gasteiger partial charge in [-0.05, 0) is 13.3 Å². The van der Waals surface area contributed by atoms with E-state index >= 15 is 0 Å². The highest BCUT2D eigenvalue weighted by atomic mass is 32.2. The molecule has 0 aliphatic carbocycles. The number of nitrogens with one attached hydrogen (secondary N) is 1. The molecule has 13 heavy (non-hydrogen) atoms. The molecule has 0 saturated carbocycles. The van der Waals surface area contributed by atoms with Crippen molar-refractivity contribution >= 4 is 11.8 Å². The molecule has 3 N–H and O–H groups in total. The summed E-state index contributed by atoms with van der Waals surface area (Å²) in [5.41, 5.74) is 8.11. The summed E-state index contributed by atoms with van der Waals surface area (Å²) < 4.78 is 0. The first kappa shape index (κ1) is 10.6. The topological polar surface area (TPSA) is 54.7 Å². The fraction of sp³-hybridized carbons (Fsp3) is 0.667. The van der Waals surface area contributed by atoms with Gasteiger partial charge in [0.25, 0.3) is 0 Å². The summed E-state index contributed by atoms with van der Waals surface area (Å²) in [6.07, 6.45) is 2.79. The van der Waals surface area contributed by atoms with Gasteiger partial charge < -0.3 is 10.7 Å². The summed E-state index contributed by atoms with van der Waals surface area (Å²) in [6, 6.07) is 0.323. The first-order chi connectivity index (χ1) is 6.24. The van der Waals surface area contributed by atoms with Crippen LogP contribution in [0.5, 0.6) is 0 Å². The van der Waals surface area contributed by atoms with E-state index in [9.17, 15) is 0 Å². The Hall–Kier alpha value is -0.480. The highest BCUT2D eigenvalue weighted by Gasteiger charge is 2.03. The fourth-order valence-corrected chi connectivity index (χ4v) is 2.10. The maximum atomic E-state index is 5.80. The summed E-state index contributed by atoms with van der Waals surface area (Å²) in [6.45, 7) is 4.16. The van der Waals surface area contributed by atoms with E-state index in [0.29, 0.717) is 6.04 Å². The predicted molar refractivity (Wildman–Crippen MR) is 57.8 cm³/mol. The highest BCUT2D eigenvalue weighted by Crippen LogP contribution is 2.13. The van der Waals surface area contributed by atoms with Crippen molar-refractivity contribution in [2.75, 3.05) is 5.75 Å². The van der Waals surface area contributed by atoms with Gasteiger partial charge in [0.2, 0.25) is 0 Å². The largest absolute Gasteiger partial charge is 0.348 e. The molecule has 0 radical (unpaired) electrons. The number of aromatic nitrogens is 2. The van der Waals surface area contributed by atoms with E-state index in [-0.39, 0.29) is 0 Å². The average Bonchev–Trinajstić information content (AvgIpc) is 2.52. The zero-order valence-corrected chi connectivity index (χ0v) is 9.03. The standard InChI is InChI=1S/C9H17N3S/c1-3-8(10)4-13-5-9-7(2)11-6-12-9/h6,8H,3-5,10H2,1-2H3,(H,11,12). The van der Waals surface area contributed by atoms with Crippen molar-refractivity contribution in [1.29, 1.82) is 0 Å². The molecule has 0 amide bonds. The molecule has 0 spiro atoms. The van der Waals surface area contributed by atoms with Gasteiger partial charge >= 0.3 is 0 Å². The normalized spacial score (nSPS) is 13.2. The number of aryl methyl sites for hydroxylation is 1. The second kappa shape index (κ2) is 5.29. The Morgan fingerprint density at radius 3 is 3.00 bits per heavy atom. The molecule has 0 aromatic carbocycles. The summed E-state index contributed by atoms with van der Waals surface area (Å²) >= 11 is 1.85. The smallest absolute Gasteiger partial charge is 0.0925 e. The number of hydrogen-bond acceptors (Lipinski definition) is 3. The second-order valence-corrected chi connectivity index (χ2v) is 4.19. The molecule has 1 atom stereocenters. The molecule has 3 nitrogen and oxygen atoms in total. The Morgan fingerprint density at radius 2 is 2.46 bits per heavy atom. The molecule has 4 heteroatoms. The van der Waals surface area contributed by atoms with Crippen LogP contribution in [-0.4, -0.2) is 21.8 Å². The van der Waals surface area contributed by atoms with Crippen molar-refractivity contribution in [3.8, 4) is 0 Å². The summed E-state index contributed by atoms with van der Waals surface area (Å²) in [7, 11) is 0. The zero-order chi connectivity index (χ0) is 9.68. The fourth-order valence-electron chi connectivity index (χ4n) is 0.957. The van der Waals surface area contributed by atoms with Crippen molar-refractivity contribution in [3.05, 3.63) is 17.7 Å². The lowest BCUT2D eigenvalue weighted by Gasteiger charge is -2.06. The average molecular weight is 199 g/mol. The van der Waals surface area contributed by atoms with Crippen LogP contribution in [0, 0.1) is 6.92 Å². The van der Waals surface area contributed by atoms with Gasteiger partial charge in [0, 0.05) is 23.2 Å². The van der Waals surface area contributed by atoms with Crippen molar-refractivity contribution in [1.82, 2.24) is 9.97 Å². The molecule has 1 unspecified atom stereocenters. The number of imidazole rings is 1. The Kier molecular flexibility index (Phi) is 4.32. The van der Waals surface area contributed by atoms with Crippen LogP contribution >= 0.6 is 11.8 Å². The molecule has 0 aliphatic heterocycles. The van der Waals surface area contributed by atoms with Gasteiger partial charge in [0.05, 0.1) is 12.0 Å². The molecule has 1 rings (SSSR count). The van der Waals surface area contributed by atoms with E-state index in [4.69, 9.17) is 5.73 Å². The van der Waals surface area contributed by atoms with E-state index in [0.717, 1.165) is 29.3 Å². The van der Waals surface area contributed by atoms with Crippen LogP contribution in [0.4, 0.5) is 0 Å². The quantitative estimate of drug-likeness (QED) is 0.758. The Morgan fingerprint density at radius 1 is 1.69 bits per heavy atom. The minimum atomic E-state index is 0.323. The third kappa shape index (κ3) is 3.40. The minimum absolute atomic E-state index is 0.323. The first-order valence-corrected chi connectivity index (χ1v) is 5.71. The Balaban J connectivity index is 2.24. The lowest BCUT2D eigenvalue weighted by atomic mass is 10.3. The molecule has 1 aromatic heterocycles. The van der Waals surface area contributed by atoms with Crippen molar-refractivity contribution in [3.63, 3.8) is 0 Å². The summed E-state index contributed by atoms with van der Waals surface area (Å²) in [4.78, 5) is 7.29. The molecule has 0 aliphatic rings. The highest BCUT2D eigenvalue weighted by molar-refractivity contribution is 7.98. The number of nitrogens with zero attached hydrogens (tertiary/aromatic N) is 1. The number of aromatic amines is 1. The number of H-pyrrole nitrogens is 1. The van der Waals surface area contributed by atoms with Crippen LogP contribution in [0.15, 0.2) is 6.33 Å². The number of rotatable bonds is 5. The summed E-state index contributed by atoms with van der Waals surface area (Å²) in [5.74, 6) is 1.98. The van der Waals surface area contributed by atoms with Gasteiger partial charge in [-0.1, -0.05) is 6.92 Å². The van der Waals surface area contributed by atoms with Gasteiger partial charge in [-0.25, -0.2) is 4.98 Å². The maximum Gasteiger partial charge on any atom is 0.0925 e. The SMILES string of the molecule is CCC(N)CSCc1nc[nH]c1C. The van der Waals surface area contributed by atoms with E-state index in [1.807, 2.05) is 18.7 Å². The number of thioether (sulfide) groups is 1.